The van der Waals surface area contributed by atoms with E-state index in [1.807, 2.05) is 59.7 Å². The predicted octanol–water partition coefficient (Wildman–Crippen LogP) is -0.440. The molecular weight excluding hydrogens is 724 g/mol. The second-order valence-electron chi connectivity index (χ2n) is 12.6. The van der Waals surface area contributed by atoms with Gasteiger partial charge in [0.25, 0.3) is 0 Å². The molecule has 0 bridgehead atoms. The number of aliphatic imine (C=N–C) groups is 1. The zero-order valence-corrected chi connectivity index (χ0v) is 36.1. The molecule has 260 valence electrons. The van der Waals surface area contributed by atoms with Crippen LogP contribution in [0.5, 0.6) is 0 Å². The Hall–Kier alpha value is -1.65. The second kappa shape index (κ2) is 20.0. The van der Waals surface area contributed by atoms with Crippen molar-refractivity contribution >= 4 is 55.5 Å². The molecule has 0 amide bonds. The van der Waals surface area contributed by atoms with Gasteiger partial charge in [-0.2, -0.15) is 18.2 Å². The smallest absolute Gasteiger partial charge is 0.748 e. The average Bonchev–Trinajstić information content (AvgIpc) is 3.36. The number of carboxylic acids is 1. The summed E-state index contributed by atoms with van der Waals surface area (Å²) in [5.41, 5.74) is 4.81. The summed E-state index contributed by atoms with van der Waals surface area (Å²) >= 11 is 6.49. The van der Waals surface area contributed by atoms with Crippen LogP contribution in [-0.2, 0) is 42.9 Å². The third-order valence-corrected chi connectivity index (χ3v) is 9.41. The molecule has 1 N–H and O–H groups in total. The van der Waals surface area contributed by atoms with Gasteiger partial charge in [0, 0.05) is 24.4 Å². The van der Waals surface area contributed by atoms with Gasteiger partial charge in [0.05, 0.1) is 32.7 Å². The number of unbranched alkanes of at least 4 members (excludes halogenated alkanes) is 1. The van der Waals surface area contributed by atoms with Gasteiger partial charge in [-0.15, -0.1) is 24.3 Å². The van der Waals surface area contributed by atoms with Crippen LogP contribution in [0.25, 0.3) is 0 Å². The Bertz CT molecular complexity index is 1890. The number of carbonyl (C=O) groups is 1. The summed E-state index contributed by atoms with van der Waals surface area (Å²) in [7, 11) is -7.45. The minimum absolute atomic E-state index is 0. The minimum atomic E-state index is -4.33. The first-order chi connectivity index (χ1) is 22.4. The molecule has 16 heteroatoms. The first kappa shape index (κ1) is 46.4. The zero-order valence-electron chi connectivity index (χ0n) is 29.7. The Balaban J connectivity index is 0.00000197. The van der Waals surface area contributed by atoms with E-state index in [9.17, 15) is 22.9 Å². The Morgan fingerprint density at radius 1 is 1.12 bits per heavy atom. The SMILES string of the molecule is CCCC[n+]1cc(Cl)cc2c1N=C(/C=C/C(=C/C=C1/N(CCCS(=O)(=O)[O-])c3cc[c-]cc3C1(C)C)CCC(=O)O)C2(C)C.O=S(=O)=O.[Na+].[Na+]. The number of pyridine rings is 1. The zero-order chi connectivity index (χ0) is 35.9. The van der Waals surface area contributed by atoms with Crippen LogP contribution in [0.2, 0.25) is 5.02 Å². The Labute approximate surface area is 346 Å². The van der Waals surface area contributed by atoms with Crippen LogP contribution in [0.1, 0.15) is 77.8 Å². The van der Waals surface area contributed by atoms with E-state index in [4.69, 9.17) is 29.2 Å². The van der Waals surface area contributed by atoms with E-state index < -0.39 is 43.3 Å². The molecule has 2 aliphatic rings. The summed E-state index contributed by atoms with van der Waals surface area (Å²) in [5.74, 6) is -0.444. The molecule has 4 rings (SSSR count). The third kappa shape index (κ3) is 12.5. The van der Waals surface area contributed by atoms with Crippen LogP contribution < -0.4 is 68.6 Å². The number of benzene rings is 1. The predicted molar refractivity (Wildman–Crippen MR) is 183 cm³/mol. The number of carboxylic acid groups (broad SMARTS) is 1. The molecule has 0 atom stereocenters. The van der Waals surface area contributed by atoms with E-state index in [1.54, 1.807) is 0 Å². The van der Waals surface area contributed by atoms with E-state index in [2.05, 4.69) is 45.3 Å². The third-order valence-electron chi connectivity index (χ3n) is 8.42. The molecule has 1 aromatic heterocycles. The fourth-order valence-corrected chi connectivity index (χ4v) is 6.58. The number of hydrogen-bond donors (Lipinski definition) is 1. The number of fused-ring (bicyclic) bond motifs is 2. The molecule has 3 heterocycles. The number of anilines is 1. The van der Waals surface area contributed by atoms with Crippen molar-refractivity contribution in [3.05, 3.63) is 88.3 Å². The van der Waals surface area contributed by atoms with E-state index in [0.29, 0.717) is 18.0 Å². The van der Waals surface area contributed by atoms with Gasteiger partial charge in [-0.1, -0.05) is 56.6 Å². The van der Waals surface area contributed by atoms with Crippen LogP contribution in [0.3, 0.4) is 0 Å². The first-order valence-electron chi connectivity index (χ1n) is 15.5. The van der Waals surface area contributed by atoms with Gasteiger partial charge in [0.2, 0.25) is 0 Å². The average molecular weight is 765 g/mol. The molecule has 0 spiro atoms. The van der Waals surface area contributed by atoms with Gasteiger partial charge in [-0.3, -0.25) is 4.79 Å². The van der Waals surface area contributed by atoms with Crippen LogP contribution in [-0.4, -0.2) is 54.7 Å². The maximum absolute atomic E-state index is 11.5. The summed E-state index contributed by atoms with van der Waals surface area (Å²) in [6, 6.07) is 10.8. The van der Waals surface area contributed by atoms with Crippen LogP contribution in [0, 0.1) is 6.07 Å². The molecule has 0 saturated heterocycles. The Morgan fingerprint density at radius 2 is 1.78 bits per heavy atom. The van der Waals surface area contributed by atoms with Crippen LogP contribution >= 0.6 is 11.6 Å². The number of aliphatic carboxylic acids is 1. The maximum Gasteiger partial charge on any atom is 1.00 e. The number of hydrogen-bond acceptors (Lipinski definition) is 9. The van der Waals surface area contributed by atoms with Gasteiger partial charge in [0.1, 0.15) is 6.20 Å². The molecule has 2 aromatic rings. The summed E-state index contributed by atoms with van der Waals surface area (Å²) in [5, 5.41) is 10.1. The van der Waals surface area contributed by atoms with Gasteiger partial charge < -0.3 is 14.6 Å². The Morgan fingerprint density at radius 3 is 2.38 bits per heavy atom. The first-order valence-corrected chi connectivity index (χ1v) is 18.5. The van der Waals surface area contributed by atoms with Gasteiger partial charge in [0.15, 0.2) is 5.71 Å². The molecule has 2 aliphatic heterocycles. The number of aryl methyl sites for hydroxylation is 1. The topological polar surface area (TPSA) is 165 Å². The molecular formula is C34H41ClN3Na2O8S2+. The largest absolute Gasteiger partial charge is 1.00 e. The quantitative estimate of drug-likeness (QED) is 0.0937. The van der Waals surface area contributed by atoms with Crippen molar-refractivity contribution < 1.29 is 99.2 Å². The van der Waals surface area contributed by atoms with E-state index in [-0.39, 0.29) is 72.0 Å². The van der Waals surface area contributed by atoms with Crippen molar-refractivity contribution in [3.63, 3.8) is 0 Å². The van der Waals surface area contributed by atoms with Gasteiger partial charge in [-0.25, -0.2) is 13.0 Å². The summed E-state index contributed by atoms with van der Waals surface area (Å²) in [4.78, 5) is 18.6. The number of nitrogens with zero attached hydrogens (tertiary/aromatic N) is 3. The summed E-state index contributed by atoms with van der Waals surface area (Å²) < 4.78 is 61.4. The van der Waals surface area contributed by atoms with Crippen molar-refractivity contribution in [2.75, 3.05) is 17.2 Å². The molecule has 1 aromatic carbocycles. The van der Waals surface area contributed by atoms with Crippen molar-refractivity contribution in [1.29, 1.82) is 0 Å². The van der Waals surface area contributed by atoms with E-state index >= 15 is 0 Å². The van der Waals surface area contributed by atoms with Crippen molar-refractivity contribution in [1.82, 2.24) is 0 Å². The van der Waals surface area contributed by atoms with Crippen LogP contribution in [0.4, 0.5) is 11.5 Å². The molecule has 0 fully saturated rings. The second-order valence-corrected chi connectivity index (χ2v) is 15.0. The number of rotatable bonds is 13. The molecule has 50 heavy (non-hydrogen) atoms. The van der Waals surface area contributed by atoms with Gasteiger partial charge in [-0.05, 0) is 67.3 Å². The fourth-order valence-electron chi connectivity index (χ4n) is 5.87. The van der Waals surface area contributed by atoms with Crippen LogP contribution in [0.15, 0.2) is 71.0 Å². The molecule has 0 radical (unpaired) electrons. The minimum Gasteiger partial charge on any atom is -0.748 e. The number of aromatic nitrogens is 1. The maximum atomic E-state index is 11.5. The summed E-state index contributed by atoms with van der Waals surface area (Å²) in [6.45, 7) is 11.7. The number of halogens is 1. The monoisotopic (exact) mass is 764 g/mol. The summed E-state index contributed by atoms with van der Waals surface area (Å²) in [6.07, 6.45) is 12.2. The van der Waals surface area contributed by atoms with Crippen molar-refractivity contribution in [2.24, 2.45) is 4.99 Å². The Kier molecular flexibility index (Phi) is 18.5. The molecule has 0 unspecified atom stereocenters. The normalized spacial score (nSPS) is 16.5. The van der Waals surface area contributed by atoms with Crippen molar-refractivity contribution in [2.45, 2.75) is 84.1 Å². The van der Waals surface area contributed by atoms with E-state index in [1.165, 1.54) is 0 Å². The number of allylic oxidation sites excluding steroid dienone is 6. The fraction of sp³-hybridized carbons (Fsp3) is 0.441. The van der Waals surface area contributed by atoms with E-state index in [0.717, 1.165) is 59.0 Å². The molecule has 0 saturated carbocycles. The molecule has 11 nitrogen and oxygen atoms in total. The molecule has 0 aliphatic carbocycles. The van der Waals surface area contributed by atoms with Gasteiger partial charge >= 0.3 is 81.5 Å². The van der Waals surface area contributed by atoms with Crippen molar-refractivity contribution in [3.8, 4) is 0 Å². The standard InChI is InChI=1S/C34H42ClN3O5S.2Na.O3S/c1-6-7-19-37-23-25(35)22-27-32(37)36-29(33(27,2)3)16-13-24(15-18-31(39)40)14-17-30-34(4,5)26-11-8-9-12-28(26)38(30)20-10-21-44(41,42)43;;;1-4(2)3/h9,11-14,16-17,22-23H,6-7,10,15,18-21H2,1-5H3,(H,39,40)(H,41,42,43);;;/q;2*+1;/p-1.